The predicted octanol–water partition coefficient (Wildman–Crippen LogP) is 4.68. The first kappa shape index (κ1) is 27.4. The first-order valence-electron chi connectivity index (χ1n) is 13.4. The molecule has 3 aromatic rings. The summed E-state index contributed by atoms with van der Waals surface area (Å²) in [6, 6.07) is 19.3. The number of imide groups is 1. The highest BCUT2D eigenvalue weighted by Gasteiger charge is 2.44. The number of amides is 3. The number of nitrogens with zero attached hydrogens (tertiary/aromatic N) is 4. The van der Waals surface area contributed by atoms with Crippen molar-refractivity contribution >= 4 is 35.2 Å². The van der Waals surface area contributed by atoms with E-state index in [1.807, 2.05) is 36.4 Å². The molecule has 1 saturated heterocycles. The van der Waals surface area contributed by atoms with Gasteiger partial charge in [-0.05, 0) is 67.1 Å². The smallest absolute Gasteiger partial charge is 0.257 e. The number of aromatic nitrogens is 1. The number of pyridine rings is 1. The van der Waals surface area contributed by atoms with E-state index in [1.165, 1.54) is 16.7 Å². The molecule has 0 N–H and O–H groups in total. The number of anilines is 1. The Labute approximate surface area is 237 Å². The van der Waals surface area contributed by atoms with Crippen LogP contribution >= 0.6 is 11.8 Å². The lowest BCUT2D eigenvalue weighted by Crippen LogP contribution is -2.45. The molecule has 2 aliphatic rings. The molecule has 40 heavy (non-hydrogen) atoms. The van der Waals surface area contributed by atoms with E-state index >= 15 is 0 Å². The molecular weight excluding hydrogens is 524 g/mol. The van der Waals surface area contributed by atoms with Gasteiger partial charge in [0.1, 0.15) is 22.9 Å². The van der Waals surface area contributed by atoms with Crippen LogP contribution < -0.4 is 9.64 Å². The van der Waals surface area contributed by atoms with E-state index in [0.29, 0.717) is 22.0 Å². The fourth-order valence-electron chi connectivity index (χ4n) is 5.21. The molecule has 1 unspecified atom stereocenters. The van der Waals surface area contributed by atoms with E-state index in [2.05, 4.69) is 6.07 Å². The van der Waals surface area contributed by atoms with Crippen LogP contribution in [0.4, 0.5) is 5.69 Å². The number of hydrogen-bond donors (Lipinski definition) is 0. The minimum Gasteiger partial charge on any atom is -0.497 e. The number of ether oxygens (including phenoxy) is 1. The summed E-state index contributed by atoms with van der Waals surface area (Å²) in [5, 5.41) is 10.3. The number of methoxy groups -OCH3 is 1. The summed E-state index contributed by atoms with van der Waals surface area (Å²) >= 11 is 1.21. The van der Waals surface area contributed by atoms with Crippen molar-refractivity contribution in [2.75, 3.05) is 17.8 Å². The third-order valence-corrected chi connectivity index (χ3v) is 8.29. The summed E-state index contributed by atoms with van der Waals surface area (Å²) in [7, 11) is 1.54. The Bertz CT molecular complexity index is 1450. The predicted molar refractivity (Wildman–Crippen MR) is 152 cm³/mol. The van der Waals surface area contributed by atoms with E-state index in [9.17, 15) is 19.6 Å². The maximum Gasteiger partial charge on any atom is 0.257 e. The van der Waals surface area contributed by atoms with Gasteiger partial charge < -0.3 is 9.64 Å². The highest BCUT2D eigenvalue weighted by molar-refractivity contribution is 8.00. The van der Waals surface area contributed by atoms with Crippen LogP contribution in [0.25, 0.3) is 0 Å². The van der Waals surface area contributed by atoms with Crippen molar-refractivity contribution in [2.45, 2.75) is 56.1 Å². The number of hydrogen-bond acceptors (Lipinski definition) is 7. The fourth-order valence-corrected chi connectivity index (χ4v) is 6.07. The Hall–Kier alpha value is -4.16. The second-order valence-electron chi connectivity index (χ2n) is 9.90. The number of benzene rings is 2. The third-order valence-electron chi connectivity index (χ3n) is 7.31. The van der Waals surface area contributed by atoms with Crippen LogP contribution in [-0.2, 0) is 33.8 Å². The molecule has 0 radical (unpaired) electrons. The van der Waals surface area contributed by atoms with Gasteiger partial charge in [0, 0.05) is 12.2 Å². The zero-order chi connectivity index (χ0) is 28.1. The standard InChI is InChI=1S/C31H30N4O4S/c1-39-25-14-12-24(13-15-25)35-28(36)17-27(31(35)38)34(19-21-8-4-2-5-9-21)29(37)20-40-30-23(18-32)16-22-10-6-3-7-11-26(22)33-30/h2,4-5,8-9,12-16,27H,3,6-7,10-11,17,19-20H2,1H3. The number of fused-ring (bicyclic) bond motifs is 1. The van der Waals surface area contributed by atoms with Gasteiger partial charge in [0.15, 0.2) is 0 Å². The fraction of sp³-hybridized carbons (Fsp3) is 0.323. The number of carbonyl (C=O) groups excluding carboxylic acids is 3. The molecule has 1 fully saturated rings. The first-order chi connectivity index (χ1) is 19.5. The molecule has 2 heterocycles. The Balaban J connectivity index is 1.39. The quantitative estimate of drug-likeness (QED) is 0.226. The van der Waals surface area contributed by atoms with Gasteiger partial charge >= 0.3 is 0 Å². The lowest BCUT2D eigenvalue weighted by atomic mass is 10.1. The van der Waals surface area contributed by atoms with Crippen molar-refractivity contribution in [1.29, 1.82) is 5.26 Å². The maximum absolute atomic E-state index is 13.7. The molecule has 0 spiro atoms. The van der Waals surface area contributed by atoms with Crippen LogP contribution in [0.5, 0.6) is 5.75 Å². The van der Waals surface area contributed by atoms with Crippen molar-refractivity contribution < 1.29 is 19.1 Å². The Morgan fingerprint density at radius 3 is 2.58 bits per heavy atom. The van der Waals surface area contributed by atoms with Crippen LogP contribution in [0.15, 0.2) is 65.7 Å². The Morgan fingerprint density at radius 1 is 1.10 bits per heavy atom. The van der Waals surface area contributed by atoms with Gasteiger partial charge in [-0.25, -0.2) is 9.88 Å². The zero-order valence-electron chi connectivity index (χ0n) is 22.3. The van der Waals surface area contributed by atoms with E-state index in [-0.39, 0.29) is 30.5 Å². The number of nitriles is 1. The largest absolute Gasteiger partial charge is 0.497 e. The average Bonchev–Trinajstić information content (AvgIpc) is 3.12. The number of aryl methyl sites for hydroxylation is 2. The summed E-state index contributed by atoms with van der Waals surface area (Å²) in [5.41, 5.74) is 3.87. The molecule has 2 aromatic carbocycles. The van der Waals surface area contributed by atoms with Gasteiger partial charge in [-0.1, -0.05) is 48.5 Å². The molecule has 204 valence electrons. The van der Waals surface area contributed by atoms with Gasteiger partial charge in [0.25, 0.3) is 5.91 Å². The van der Waals surface area contributed by atoms with E-state index in [1.54, 1.807) is 31.4 Å². The molecule has 5 rings (SSSR count). The van der Waals surface area contributed by atoms with Crippen molar-refractivity contribution in [3.8, 4) is 11.8 Å². The Kier molecular flexibility index (Phi) is 8.46. The van der Waals surface area contributed by atoms with Crippen molar-refractivity contribution in [2.24, 2.45) is 0 Å². The minimum atomic E-state index is -0.932. The lowest BCUT2D eigenvalue weighted by molar-refractivity contribution is -0.136. The zero-order valence-corrected chi connectivity index (χ0v) is 23.2. The molecule has 9 heteroatoms. The number of thioether (sulfide) groups is 1. The van der Waals surface area contributed by atoms with Crippen LogP contribution in [0, 0.1) is 11.3 Å². The molecule has 8 nitrogen and oxygen atoms in total. The minimum absolute atomic E-state index is 0.00614. The summed E-state index contributed by atoms with van der Waals surface area (Å²) in [6.07, 6.45) is 4.95. The summed E-state index contributed by atoms with van der Waals surface area (Å²) in [4.78, 5) is 47.8. The van der Waals surface area contributed by atoms with Crippen molar-refractivity contribution in [3.05, 3.63) is 83.0 Å². The second kappa shape index (κ2) is 12.3. The number of rotatable bonds is 8. The number of carbonyl (C=O) groups is 3. The molecule has 1 aliphatic heterocycles. The summed E-state index contributed by atoms with van der Waals surface area (Å²) in [6.45, 7) is 0.184. The summed E-state index contributed by atoms with van der Waals surface area (Å²) < 4.78 is 5.19. The molecule has 1 aromatic heterocycles. The van der Waals surface area contributed by atoms with Crippen LogP contribution in [0.3, 0.4) is 0 Å². The molecule has 1 aliphatic carbocycles. The van der Waals surface area contributed by atoms with Gasteiger partial charge in [-0.3, -0.25) is 14.4 Å². The maximum atomic E-state index is 13.7. The lowest BCUT2D eigenvalue weighted by Gasteiger charge is -2.28. The normalized spacial score (nSPS) is 16.7. The second-order valence-corrected chi connectivity index (χ2v) is 10.9. The van der Waals surface area contributed by atoms with E-state index in [4.69, 9.17) is 9.72 Å². The van der Waals surface area contributed by atoms with Crippen LogP contribution in [-0.4, -0.2) is 46.5 Å². The Morgan fingerprint density at radius 2 is 1.85 bits per heavy atom. The SMILES string of the molecule is COc1ccc(N2C(=O)CC(N(Cc3ccccc3)C(=O)CSc3nc4c(cc3C#N)CCCCC4)C2=O)cc1. The third kappa shape index (κ3) is 5.87. The molecular formula is C31H30N4O4S. The molecule has 3 amide bonds. The molecule has 0 saturated carbocycles. The topological polar surface area (TPSA) is 104 Å². The first-order valence-corrected chi connectivity index (χ1v) is 14.4. The molecule has 1 atom stereocenters. The van der Waals surface area contributed by atoms with Gasteiger partial charge in [-0.15, -0.1) is 0 Å². The van der Waals surface area contributed by atoms with Crippen molar-refractivity contribution in [1.82, 2.24) is 9.88 Å². The van der Waals surface area contributed by atoms with Crippen molar-refractivity contribution in [3.63, 3.8) is 0 Å². The highest BCUT2D eigenvalue weighted by atomic mass is 32.2. The van der Waals surface area contributed by atoms with Crippen LogP contribution in [0.1, 0.15) is 48.1 Å². The van der Waals surface area contributed by atoms with Gasteiger partial charge in [-0.2, -0.15) is 5.26 Å². The van der Waals surface area contributed by atoms with Gasteiger partial charge in [0.05, 0.1) is 30.5 Å². The van der Waals surface area contributed by atoms with E-state index in [0.717, 1.165) is 53.8 Å². The van der Waals surface area contributed by atoms with Crippen LogP contribution in [0.2, 0.25) is 0 Å². The van der Waals surface area contributed by atoms with Gasteiger partial charge in [0.2, 0.25) is 11.8 Å². The summed E-state index contributed by atoms with van der Waals surface area (Å²) in [5.74, 6) is -0.491. The monoisotopic (exact) mass is 554 g/mol. The molecule has 0 bridgehead atoms. The highest BCUT2D eigenvalue weighted by Crippen LogP contribution is 2.31. The average molecular weight is 555 g/mol. The van der Waals surface area contributed by atoms with E-state index < -0.39 is 11.9 Å².